The molecule has 0 unspecified atom stereocenters. The Balaban J connectivity index is 2.33. The predicted molar refractivity (Wildman–Crippen MR) is 80.4 cm³/mol. The van der Waals surface area contributed by atoms with Crippen LogP contribution in [0.25, 0.3) is 0 Å². The van der Waals surface area contributed by atoms with E-state index in [9.17, 15) is 8.42 Å². The quantitative estimate of drug-likeness (QED) is 0.775. The smallest absolute Gasteiger partial charge is 0.206 e. The Morgan fingerprint density at radius 1 is 1.42 bits per heavy atom. The third-order valence-corrected chi connectivity index (χ3v) is 7.87. The van der Waals surface area contributed by atoms with Gasteiger partial charge in [-0.2, -0.15) is 4.31 Å². The normalized spacial score (nSPS) is 17.5. The van der Waals surface area contributed by atoms with E-state index in [1.807, 2.05) is 13.8 Å². The molecule has 0 amide bonds. The van der Waals surface area contributed by atoms with Gasteiger partial charge >= 0.3 is 0 Å². The topological polar surface area (TPSA) is 37.4 Å². The average molecular weight is 322 g/mol. The SMILES string of the molecule is CCN(C1CCCC1)S(=O)(=O)c1cc(C)c(CCl)s1. The van der Waals surface area contributed by atoms with Crippen molar-refractivity contribution in [3.63, 3.8) is 0 Å². The number of thiophene rings is 1. The molecule has 0 aromatic carbocycles. The van der Waals surface area contributed by atoms with Crippen molar-refractivity contribution in [2.45, 2.75) is 55.7 Å². The molecule has 1 aliphatic rings. The Morgan fingerprint density at radius 3 is 2.53 bits per heavy atom. The second kappa shape index (κ2) is 6.12. The van der Waals surface area contributed by atoms with E-state index in [-0.39, 0.29) is 6.04 Å². The molecule has 1 aromatic rings. The summed E-state index contributed by atoms with van der Waals surface area (Å²) in [7, 11) is -3.35. The monoisotopic (exact) mass is 321 g/mol. The molecular weight excluding hydrogens is 302 g/mol. The molecule has 0 bridgehead atoms. The van der Waals surface area contributed by atoms with Crippen molar-refractivity contribution in [1.82, 2.24) is 4.31 Å². The van der Waals surface area contributed by atoms with Gasteiger partial charge in [0.15, 0.2) is 0 Å². The second-order valence-electron chi connectivity index (χ2n) is 4.95. The van der Waals surface area contributed by atoms with E-state index < -0.39 is 10.0 Å². The fourth-order valence-electron chi connectivity index (χ4n) is 2.68. The summed E-state index contributed by atoms with van der Waals surface area (Å²) in [5.74, 6) is 0.377. The van der Waals surface area contributed by atoms with Crippen LogP contribution in [-0.2, 0) is 15.9 Å². The van der Waals surface area contributed by atoms with Crippen LogP contribution in [0.2, 0.25) is 0 Å². The van der Waals surface area contributed by atoms with Crippen molar-refractivity contribution in [3.8, 4) is 0 Å². The van der Waals surface area contributed by atoms with E-state index in [1.54, 1.807) is 10.4 Å². The zero-order chi connectivity index (χ0) is 14.0. The van der Waals surface area contributed by atoms with Crippen molar-refractivity contribution < 1.29 is 8.42 Å². The highest BCUT2D eigenvalue weighted by atomic mass is 35.5. The molecule has 19 heavy (non-hydrogen) atoms. The molecule has 0 atom stereocenters. The Kier molecular flexibility index (Phi) is 4.93. The molecule has 0 saturated heterocycles. The highest BCUT2D eigenvalue weighted by Gasteiger charge is 2.33. The van der Waals surface area contributed by atoms with E-state index in [0.29, 0.717) is 16.6 Å². The third kappa shape index (κ3) is 2.99. The minimum atomic E-state index is -3.35. The first-order valence-corrected chi connectivity index (χ1v) is 9.47. The van der Waals surface area contributed by atoms with Crippen LogP contribution in [-0.4, -0.2) is 25.3 Å². The van der Waals surface area contributed by atoms with Gasteiger partial charge in [-0.3, -0.25) is 0 Å². The number of aryl methyl sites for hydroxylation is 1. The average Bonchev–Trinajstić information content (AvgIpc) is 2.99. The van der Waals surface area contributed by atoms with Crippen molar-refractivity contribution in [2.24, 2.45) is 0 Å². The number of halogens is 1. The summed E-state index contributed by atoms with van der Waals surface area (Å²) in [5.41, 5.74) is 0.973. The lowest BCUT2D eigenvalue weighted by Gasteiger charge is -2.25. The van der Waals surface area contributed by atoms with Crippen LogP contribution >= 0.6 is 22.9 Å². The Bertz CT molecular complexity index is 533. The molecule has 1 fully saturated rings. The minimum Gasteiger partial charge on any atom is -0.206 e. The number of sulfonamides is 1. The van der Waals surface area contributed by atoms with Gasteiger partial charge in [-0.25, -0.2) is 8.42 Å². The van der Waals surface area contributed by atoms with Gasteiger partial charge in [0.05, 0.1) is 5.88 Å². The van der Waals surface area contributed by atoms with E-state index in [1.165, 1.54) is 11.3 Å². The Hall–Kier alpha value is -0.100. The highest BCUT2D eigenvalue weighted by molar-refractivity contribution is 7.91. The van der Waals surface area contributed by atoms with Crippen LogP contribution in [0.15, 0.2) is 10.3 Å². The van der Waals surface area contributed by atoms with E-state index in [4.69, 9.17) is 11.6 Å². The summed E-state index contributed by atoms with van der Waals surface area (Å²) in [6, 6.07) is 1.94. The third-order valence-electron chi connectivity index (χ3n) is 3.73. The van der Waals surface area contributed by atoms with Crippen LogP contribution in [0.5, 0.6) is 0 Å². The lowest BCUT2D eigenvalue weighted by molar-refractivity contribution is 0.336. The zero-order valence-corrected chi connectivity index (χ0v) is 13.7. The number of nitrogens with zero attached hydrogens (tertiary/aromatic N) is 1. The summed E-state index contributed by atoms with van der Waals surface area (Å²) >= 11 is 7.15. The second-order valence-corrected chi connectivity index (χ2v) is 8.47. The van der Waals surface area contributed by atoms with Gasteiger partial charge in [-0.15, -0.1) is 22.9 Å². The first kappa shape index (κ1) is 15.3. The van der Waals surface area contributed by atoms with Crippen LogP contribution in [0.1, 0.15) is 43.0 Å². The molecule has 1 aromatic heterocycles. The Labute approximate surface area is 124 Å². The summed E-state index contributed by atoms with van der Waals surface area (Å²) < 4.78 is 27.6. The van der Waals surface area contributed by atoms with Gasteiger partial charge in [0.1, 0.15) is 4.21 Å². The summed E-state index contributed by atoms with van der Waals surface area (Å²) in [6.07, 6.45) is 4.24. The first-order valence-electron chi connectivity index (χ1n) is 6.67. The summed E-state index contributed by atoms with van der Waals surface area (Å²) in [5, 5.41) is 0. The maximum atomic E-state index is 12.7. The van der Waals surface area contributed by atoms with E-state index in [2.05, 4.69) is 0 Å². The van der Waals surface area contributed by atoms with Crippen LogP contribution in [0, 0.1) is 6.92 Å². The molecule has 2 rings (SSSR count). The maximum Gasteiger partial charge on any atom is 0.252 e. The molecule has 0 radical (unpaired) electrons. The van der Waals surface area contributed by atoms with Crippen LogP contribution < -0.4 is 0 Å². The molecule has 0 aliphatic heterocycles. The van der Waals surface area contributed by atoms with Crippen molar-refractivity contribution in [1.29, 1.82) is 0 Å². The predicted octanol–water partition coefficient (Wildman–Crippen LogP) is 3.75. The van der Waals surface area contributed by atoms with Crippen LogP contribution in [0.4, 0.5) is 0 Å². The van der Waals surface area contributed by atoms with Gasteiger partial charge in [-0.05, 0) is 31.4 Å². The van der Waals surface area contributed by atoms with Gasteiger partial charge in [-0.1, -0.05) is 19.8 Å². The largest absolute Gasteiger partial charge is 0.252 e. The molecule has 108 valence electrons. The highest BCUT2D eigenvalue weighted by Crippen LogP contribution is 2.33. The van der Waals surface area contributed by atoms with Crippen molar-refractivity contribution >= 4 is 33.0 Å². The molecule has 0 N–H and O–H groups in total. The van der Waals surface area contributed by atoms with Crippen LogP contribution in [0.3, 0.4) is 0 Å². The summed E-state index contributed by atoms with van der Waals surface area (Å²) in [6.45, 7) is 4.37. The fourth-order valence-corrected chi connectivity index (χ4v) is 6.32. The fraction of sp³-hybridized carbons (Fsp3) is 0.692. The van der Waals surface area contributed by atoms with Gasteiger partial charge < -0.3 is 0 Å². The maximum absolute atomic E-state index is 12.7. The number of hydrogen-bond acceptors (Lipinski definition) is 3. The lowest BCUT2D eigenvalue weighted by Crippen LogP contribution is -2.38. The first-order chi connectivity index (χ1) is 9.00. The van der Waals surface area contributed by atoms with E-state index in [0.717, 1.165) is 36.1 Å². The van der Waals surface area contributed by atoms with Gasteiger partial charge in [0.25, 0.3) is 10.0 Å². The Morgan fingerprint density at radius 2 is 2.05 bits per heavy atom. The molecule has 1 saturated carbocycles. The molecule has 6 heteroatoms. The van der Waals surface area contributed by atoms with Crippen molar-refractivity contribution in [3.05, 3.63) is 16.5 Å². The molecule has 0 spiro atoms. The van der Waals surface area contributed by atoms with E-state index >= 15 is 0 Å². The number of rotatable bonds is 5. The molecule has 1 aliphatic carbocycles. The summed E-state index contributed by atoms with van der Waals surface area (Å²) in [4.78, 5) is 0.947. The van der Waals surface area contributed by atoms with Gasteiger partial charge in [0, 0.05) is 17.5 Å². The zero-order valence-electron chi connectivity index (χ0n) is 11.4. The van der Waals surface area contributed by atoms with Gasteiger partial charge in [0.2, 0.25) is 0 Å². The molecule has 3 nitrogen and oxygen atoms in total. The molecular formula is C13H20ClNO2S2. The standard InChI is InChI=1S/C13H20ClNO2S2/c1-3-15(11-6-4-5-7-11)19(16,17)13-8-10(2)12(9-14)18-13/h8,11H,3-7,9H2,1-2H3. The lowest BCUT2D eigenvalue weighted by atomic mass is 10.2. The number of hydrogen-bond donors (Lipinski definition) is 0. The molecule has 1 heterocycles. The van der Waals surface area contributed by atoms with Crippen molar-refractivity contribution in [2.75, 3.05) is 6.54 Å². The minimum absolute atomic E-state index is 0.178. The number of alkyl halides is 1.